The van der Waals surface area contributed by atoms with Gasteiger partial charge in [0.2, 0.25) is 5.91 Å². The molecule has 0 N–H and O–H groups in total. The molecule has 2 heterocycles. The fourth-order valence-electron chi connectivity index (χ4n) is 1.47. The molecule has 2 amide bonds. The summed E-state index contributed by atoms with van der Waals surface area (Å²) in [5, 5.41) is 0.687. The first-order valence-electron chi connectivity index (χ1n) is 5.93. The number of hydrogen-bond acceptors (Lipinski definition) is 7. The van der Waals surface area contributed by atoms with Gasteiger partial charge in [-0.1, -0.05) is 13.0 Å². The number of ether oxygens (including phenoxy) is 1. The van der Waals surface area contributed by atoms with Gasteiger partial charge in [-0.15, -0.1) is 0 Å². The van der Waals surface area contributed by atoms with E-state index in [1.807, 2.05) is 6.07 Å². The van der Waals surface area contributed by atoms with E-state index in [2.05, 4.69) is 4.98 Å². The van der Waals surface area contributed by atoms with Gasteiger partial charge in [-0.2, -0.15) is 0 Å². The summed E-state index contributed by atoms with van der Waals surface area (Å²) in [7, 11) is 2.19. The quantitative estimate of drug-likeness (QED) is 0.355. The summed E-state index contributed by atoms with van der Waals surface area (Å²) in [6.07, 6.45) is 0.711. The number of aromatic nitrogens is 1. The maximum atomic E-state index is 12.0. The van der Waals surface area contributed by atoms with E-state index in [4.69, 9.17) is 4.74 Å². The molecule has 0 bridgehead atoms. The number of imide groups is 1. The standard InChI is InChI=1S/C12H12N2O4S2/c1-2-11(16)18-8-7-10(15)14(12(8)17)20-19-9-5-3-4-6-13-9/h3-6,8H,2,7H2,1H3. The third-order valence-corrected chi connectivity index (χ3v) is 4.66. The van der Waals surface area contributed by atoms with E-state index in [9.17, 15) is 14.4 Å². The van der Waals surface area contributed by atoms with Gasteiger partial charge in [-0.3, -0.25) is 14.4 Å². The number of nitrogens with zero attached hydrogens (tertiary/aromatic N) is 2. The zero-order valence-electron chi connectivity index (χ0n) is 10.6. The van der Waals surface area contributed by atoms with Crippen molar-refractivity contribution in [1.82, 2.24) is 9.29 Å². The van der Waals surface area contributed by atoms with Crippen LogP contribution in [0.2, 0.25) is 0 Å². The molecule has 0 aromatic carbocycles. The highest BCUT2D eigenvalue weighted by molar-refractivity contribution is 8.76. The fraction of sp³-hybridized carbons (Fsp3) is 0.333. The van der Waals surface area contributed by atoms with Crippen LogP contribution in [0.3, 0.4) is 0 Å². The number of hydrogen-bond donors (Lipinski definition) is 0. The SMILES string of the molecule is CCC(=O)OC1CC(=O)N(SSc2ccccn2)C1=O. The van der Waals surface area contributed by atoms with Crippen LogP contribution in [0.4, 0.5) is 0 Å². The number of esters is 1. The molecule has 1 aromatic rings. The maximum absolute atomic E-state index is 12.0. The van der Waals surface area contributed by atoms with Crippen LogP contribution >= 0.6 is 21.8 Å². The molecule has 20 heavy (non-hydrogen) atoms. The lowest BCUT2D eigenvalue weighted by Gasteiger charge is -2.12. The third kappa shape index (κ3) is 3.51. The minimum absolute atomic E-state index is 0.0969. The zero-order valence-corrected chi connectivity index (χ0v) is 12.3. The van der Waals surface area contributed by atoms with Gasteiger partial charge in [-0.05, 0) is 22.9 Å². The number of pyridine rings is 1. The van der Waals surface area contributed by atoms with E-state index >= 15 is 0 Å². The Morgan fingerprint density at radius 2 is 2.30 bits per heavy atom. The molecular weight excluding hydrogens is 300 g/mol. The van der Waals surface area contributed by atoms with Gasteiger partial charge < -0.3 is 4.74 Å². The van der Waals surface area contributed by atoms with Crippen LogP contribution in [0.15, 0.2) is 29.4 Å². The Hall–Kier alpha value is -1.54. The molecule has 2 rings (SSSR count). The molecule has 0 aliphatic carbocycles. The van der Waals surface area contributed by atoms with E-state index in [0.717, 1.165) is 15.3 Å². The molecule has 1 atom stereocenters. The zero-order chi connectivity index (χ0) is 14.5. The van der Waals surface area contributed by atoms with E-state index in [-0.39, 0.29) is 18.7 Å². The Morgan fingerprint density at radius 1 is 1.50 bits per heavy atom. The molecule has 106 valence electrons. The van der Waals surface area contributed by atoms with Crippen molar-refractivity contribution in [3.05, 3.63) is 24.4 Å². The molecule has 8 heteroatoms. The molecule has 1 unspecified atom stereocenters. The Morgan fingerprint density at radius 3 is 2.95 bits per heavy atom. The van der Waals surface area contributed by atoms with Crippen LogP contribution in [0.5, 0.6) is 0 Å². The van der Waals surface area contributed by atoms with Crippen LogP contribution in [-0.2, 0) is 19.1 Å². The van der Waals surface area contributed by atoms with Crippen LogP contribution in [-0.4, -0.2) is 33.2 Å². The lowest BCUT2D eigenvalue weighted by molar-refractivity contribution is -0.154. The summed E-state index contributed by atoms with van der Waals surface area (Å²) in [5.74, 6) is -1.34. The monoisotopic (exact) mass is 312 g/mol. The first kappa shape index (κ1) is 14.9. The Kier molecular flexibility index (Phi) is 5.02. The largest absolute Gasteiger partial charge is 0.452 e. The summed E-state index contributed by atoms with van der Waals surface area (Å²) in [5.41, 5.74) is 0. The predicted molar refractivity (Wildman–Crippen MR) is 74.3 cm³/mol. The highest BCUT2D eigenvalue weighted by Crippen LogP contribution is 2.36. The van der Waals surface area contributed by atoms with Crippen molar-refractivity contribution in [3.8, 4) is 0 Å². The van der Waals surface area contributed by atoms with E-state index in [1.54, 1.807) is 25.3 Å². The molecule has 0 spiro atoms. The maximum Gasteiger partial charge on any atom is 0.306 e. The molecule has 6 nitrogen and oxygen atoms in total. The molecule has 0 radical (unpaired) electrons. The van der Waals surface area contributed by atoms with Gasteiger partial charge in [0.15, 0.2) is 6.10 Å². The van der Waals surface area contributed by atoms with E-state index in [0.29, 0.717) is 5.03 Å². The number of carbonyl (C=O) groups is 3. The molecule has 1 saturated heterocycles. The molecular formula is C12H12N2O4S2. The summed E-state index contributed by atoms with van der Waals surface area (Å²) in [6.45, 7) is 1.63. The second kappa shape index (κ2) is 6.76. The average Bonchev–Trinajstić information content (AvgIpc) is 2.72. The lowest BCUT2D eigenvalue weighted by atomic mass is 10.3. The highest BCUT2D eigenvalue weighted by Gasteiger charge is 2.42. The first-order chi connectivity index (χ1) is 9.61. The highest BCUT2D eigenvalue weighted by atomic mass is 33.1. The van der Waals surface area contributed by atoms with Gasteiger partial charge in [0.1, 0.15) is 5.03 Å². The molecule has 1 aromatic heterocycles. The molecule has 1 fully saturated rings. The third-order valence-electron chi connectivity index (χ3n) is 2.46. The number of rotatable bonds is 5. The van der Waals surface area contributed by atoms with Crippen molar-refractivity contribution in [2.24, 2.45) is 0 Å². The second-order valence-corrected chi connectivity index (χ2v) is 5.93. The molecule has 0 saturated carbocycles. The second-order valence-electron chi connectivity index (χ2n) is 3.89. The minimum atomic E-state index is -0.994. The fourth-order valence-corrected chi connectivity index (χ4v) is 3.42. The topological polar surface area (TPSA) is 76.6 Å². The summed E-state index contributed by atoms with van der Waals surface area (Å²) in [4.78, 5) is 39.0. The normalized spacial score (nSPS) is 18.4. The molecule has 1 aliphatic rings. The average molecular weight is 312 g/mol. The Bertz CT molecular complexity index is 523. The summed E-state index contributed by atoms with van der Waals surface area (Å²) < 4.78 is 5.96. The minimum Gasteiger partial charge on any atom is -0.452 e. The van der Waals surface area contributed by atoms with Crippen LogP contribution in [0, 0.1) is 0 Å². The van der Waals surface area contributed by atoms with Gasteiger partial charge in [0, 0.05) is 23.6 Å². The van der Waals surface area contributed by atoms with Crippen molar-refractivity contribution < 1.29 is 19.1 Å². The van der Waals surface area contributed by atoms with Gasteiger partial charge in [0.05, 0.1) is 6.42 Å². The van der Waals surface area contributed by atoms with Crippen LogP contribution in [0.1, 0.15) is 19.8 Å². The van der Waals surface area contributed by atoms with Crippen LogP contribution in [0.25, 0.3) is 0 Å². The number of carbonyl (C=O) groups excluding carboxylic acids is 3. The Balaban J connectivity index is 1.93. The van der Waals surface area contributed by atoms with Gasteiger partial charge >= 0.3 is 5.97 Å². The van der Waals surface area contributed by atoms with Crippen molar-refractivity contribution in [2.45, 2.75) is 30.9 Å². The first-order valence-corrected chi connectivity index (χ1v) is 8.04. The van der Waals surface area contributed by atoms with E-state index in [1.165, 1.54) is 10.8 Å². The van der Waals surface area contributed by atoms with E-state index < -0.39 is 18.0 Å². The van der Waals surface area contributed by atoms with Crippen molar-refractivity contribution in [1.29, 1.82) is 0 Å². The smallest absolute Gasteiger partial charge is 0.306 e. The van der Waals surface area contributed by atoms with Crippen molar-refractivity contribution >= 4 is 39.6 Å². The number of amides is 2. The van der Waals surface area contributed by atoms with Gasteiger partial charge in [0.25, 0.3) is 5.91 Å². The van der Waals surface area contributed by atoms with Gasteiger partial charge in [-0.25, -0.2) is 9.29 Å². The lowest BCUT2D eigenvalue weighted by Crippen LogP contribution is -2.28. The summed E-state index contributed by atoms with van der Waals surface area (Å²) in [6, 6.07) is 5.37. The predicted octanol–water partition coefficient (Wildman–Crippen LogP) is 1.82. The van der Waals surface area contributed by atoms with Crippen molar-refractivity contribution in [2.75, 3.05) is 0 Å². The Labute approximate surface area is 123 Å². The summed E-state index contributed by atoms with van der Waals surface area (Å²) >= 11 is 0. The van der Waals surface area contributed by atoms with Crippen molar-refractivity contribution in [3.63, 3.8) is 0 Å². The van der Waals surface area contributed by atoms with Crippen LogP contribution < -0.4 is 0 Å². The molecule has 1 aliphatic heterocycles.